The minimum absolute atomic E-state index is 0.166. The average Bonchev–Trinajstić information content (AvgIpc) is 3.10. The van der Waals surface area contributed by atoms with Gasteiger partial charge in [-0.15, -0.1) is 11.3 Å². The number of nitrogens with zero attached hydrogens (tertiary/aromatic N) is 1. The second-order valence-corrected chi connectivity index (χ2v) is 6.97. The molecule has 3 amide bonds. The van der Waals surface area contributed by atoms with Gasteiger partial charge in [0.1, 0.15) is 0 Å². The first kappa shape index (κ1) is 17.2. The maximum Gasteiger partial charge on any atom is 0.251 e. The Morgan fingerprint density at radius 3 is 2.52 bits per heavy atom. The molecule has 25 heavy (non-hydrogen) atoms. The summed E-state index contributed by atoms with van der Waals surface area (Å²) in [6, 6.07) is 10.7. The van der Waals surface area contributed by atoms with Crippen LogP contribution in [0.15, 0.2) is 36.4 Å². The van der Waals surface area contributed by atoms with Crippen molar-refractivity contribution >= 4 is 34.7 Å². The van der Waals surface area contributed by atoms with E-state index in [2.05, 4.69) is 23.7 Å². The van der Waals surface area contributed by atoms with Crippen LogP contribution in [0, 0.1) is 0 Å². The van der Waals surface area contributed by atoms with Gasteiger partial charge in [0.2, 0.25) is 11.8 Å². The maximum atomic E-state index is 12.2. The second-order valence-electron chi connectivity index (χ2n) is 5.72. The predicted molar refractivity (Wildman–Crippen MR) is 96.2 cm³/mol. The normalized spacial score (nSPS) is 14.4. The average molecular weight is 357 g/mol. The largest absolute Gasteiger partial charge is 0.347 e. The lowest BCUT2D eigenvalue weighted by Gasteiger charge is -2.27. The van der Waals surface area contributed by atoms with E-state index in [1.165, 1.54) is 9.89 Å². The van der Waals surface area contributed by atoms with Crippen LogP contribution < -0.4 is 15.8 Å². The first-order valence-electron chi connectivity index (χ1n) is 8.15. The smallest absolute Gasteiger partial charge is 0.251 e. The third-order valence-corrected chi connectivity index (χ3v) is 5.16. The van der Waals surface area contributed by atoms with E-state index >= 15 is 0 Å². The monoisotopic (exact) mass is 357 g/mol. The van der Waals surface area contributed by atoms with Crippen LogP contribution in [0.25, 0.3) is 0 Å². The lowest BCUT2D eigenvalue weighted by molar-refractivity contribution is -0.130. The summed E-state index contributed by atoms with van der Waals surface area (Å²) in [5.74, 6) is -0.531. The SMILES string of the molecule is CCc1ccc(CNC(=O)c2ccc(N3NC(=O)CCC3=O)cc2)s1. The van der Waals surface area contributed by atoms with E-state index in [9.17, 15) is 14.4 Å². The molecule has 0 unspecified atom stereocenters. The topological polar surface area (TPSA) is 78.5 Å². The van der Waals surface area contributed by atoms with Crippen molar-refractivity contribution in [3.63, 3.8) is 0 Å². The molecule has 0 saturated carbocycles. The number of carbonyl (C=O) groups is 3. The Labute approximate surface area is 149 Å². The van der Waals surface area contributed by atoms with Crippen molar-refractivity contribution < 1.29 is 14.4 Å². The molecule has 0 aliphatic carbocycles. The Kier molecular flexibility index (Phi) is 5.14. The molecule has 1 aliphatic heterocycles. The fourth-order valence-electron chi connectivity index (χ4n) is 2.52. The maximum absolute atomic E-state index is 12.2. The lowest BCUT2D eigenvalue weighted by atomic mass is 10.1. The molecule has 1 fully saturated rings. The number of hydrogen-bond donors (Lipinski definition) is 2. The van der Waals surface area contributed by atoms with Crippen LogP contribution >= 0.6 is 11.3 Å². The number of hydrazine groups is 1. The highest BCUT2D eigenvalue weighted by Gasteiger charge is 2.24. The van der Waals surface area contributed by atoms with Crippen molar-refractivity contribution in [2.75, 3.05) is 5.01 Å². The summed E-state index contributed by atoms with van der Waals surface area (Å²) >= 11 is 1.69. The van der Waals surface area contributed by atoms with Gasteiger partial charge in [-0.2, -0.15) is 0 Å². The molecule has 130 valence electrons. The molecule has 2 aromatic rings. The predicted octanol–water partition coefficient (Wildman–Crippen LogP) is 2.40. The third kappa shape index (κ3) is 4.06. The Balaban J connectivity index is 1.62. The number of nitrogens with one attached hydrogen (secondary N) is 2. The van der Waals surface area contributed by atoms with Crippen molar-refractivity contribution in [1.82, 2.24) is 10.7 Å². The molecule has 7 heteroatoms. The Morgan fingerprint density at radius 2 is 1.84 bits per heavy atom. The van der Waals surface area contributed by atoms with Crippen molar-refractivity contribution in [3.05, 3.63) is 51.7 Å². The molecule has 6 nitrogen and oxygen atoms in total. The summed E-state index contributed by atoms with van der Waals surface area (Å²) in [6.45, 7) is 2.59. The minimum atomic E-state index is -0.191. The highest BCUT2D eigenvalue weighted by molar-refractivity contribution is 7.11. The highest BCUT2D eigenvalue weighted by atomic mass is 32.1. The molecule has 2 N–H and O–H groups in total. The molecule has 1 saturated heterocycles. The first-order valence-corrected chi connectivity index (χ1v) is 8.96. The van der Waals surface area contributed by atoms with Crippen LogP contribution in [0.4, 0.5) is 5.69 Å². The van der Waals surface area contributed by atoms with Crippen LogP contribution in [0.3, 0.4) is 0 Å². The van der Waals surface area contributed by atoms with E-state index < -0.39 is 0 Å². The quantitative estimate of drug-likeness (QED) is 0.862. The lowest BCUT2D eigenvalue weighted by Crippen LogP contribution is -2.50. The van der Waals surface area contributed by atoms with Crippen LogP contribution in [-0.4, -0.2) is 17.7 Å². The highest BCUT2D eigenvalue weighted by Crippen LogP contribution is 2.19. The van der Waals surface area contributed by atoms with Crippen molar-refractivity contribution in [2.45, 2.75) is 32.7 Å². The molecule has 0 atom stereocenters. The van der Waals surface area contributed by atoms with Gasteiger partial charge in [0.05, 0.1) is 12.2 Å². The van der Waals surface area contributed by atoms with Gasteiger partial charge in [-0.1, -0.05) is 6.92 Å². The molecule has 1 aromatic carbocycles. The number of carbonyl (C=O) groups excluding carboxylic acids is 3. The molecule has 0 radical (unpaired) electrons. The zero-order valence-electron chi connectivity index (χ0n) is 13.9. The summed E-state index contributed by atoms with van der Waals surface area (Å²) in [5.41, 5.74) is 3.58. The Bertz CT molecular complexity index is 798. The Hall–Kier alpha value is -2.67. The fraction of sp³-hybridized carbons (Fsp3) is 0.278. The van der Waals surface area contributed by atoms with Crippen LogP contribution in [0.2, 0.25) is 0 Å². The number of rotatable bonds is 5. The van der Waals surface area contributed by atoms with Crippen molar-refractivity contribution in [2.24, 2.45) is 0 Å². The number of amides is 3. The molecule has 1 aromatic heterocycles. The van der Waals surface area contributed by atoms with E-state index in [0.29, 0.717) is 17.8 Å². The van der Waals surface area contributed by atoms with E-state index in [-0.39, 0.29) is 30.6 Å². The summed E-state index contributed by atoms with van der Waals surface area (Å²) in [4.78, 5) is 38.0. The Morgan fingerprint density at radius 1 is 1.12 bits per heavy atom. The van der Waals surface area contributed by atoms with E-state index in [0.717, 1.165) is 11.3 Å². The standard InChI is InChI=1S/C18H19N3O3S/c1-2-14-7-8-15(25-14)11-19-18(24)12-3-5-13(6-4-12)21-17(23)10-9-16(22)20-21/h3-8H,2,9-11H2,1H3,(H,19,24)(H,20,22). The summed E-state index contributed by atoms with van der Waals surface area (Å²) in [7, 11) is 0. The molecule has 3 rings (SSSR count). The zero-order valence-corrected chi connectivity index (χ0v) is 14.7. The van der Waals surface area contributed by atoms with Gasteiger partial charge in [0, 0.05) is 28.2 Å². The number of thiophene rings is 1. The molecular formula is C18H19N3O3S. The molecule has 0 bridgehead atoms. The van der Waals surface area contributed by atoms with Gasteiger partial charge >= 0.3 is 0 Å². The third-order valence-electron chi connectivity index (χ3n) is 3.93. The zero-order chi connectivity index (χ0) is 17.8. The molecule has 0 spiro atoms. The molecule has 1 aliphatic rings. The molecule has 2 heterocycles. The molecular weight excluding hydrogens is 338 g/mol. The van der Waals surface area contributed by atoms with E-state index in [1.54, 1.807) is 35.6 Å². The summed E-state index contributed by atoms with van der Waals surface area (Å²) < 4.78 is 0. The number of benzene rings is 1. The first-order chi connectivity index (χ1) is 12.1. The van der Waals surface area contributed by atoms with E-state index in [1.807, 2.05) is 6.07 Å². The summed E-state index contributed by atoms with van der Waals surface area (Å²) in [5, 5.41) is 4.12. The van der Waals surface area contributed by atoms with Gasteiger partial charge in [0.15, 0.2) is 0 Å². The van der Waals surface area contributed by atoms with Gasteiger partial charge in [-0.05, 0) is 42.8 Å². The van der Waals surface area contributed by atoms with Crippen LogP contribution in [-0.2, 0) is 22.6 Å². The van der Waals surface area contributed by atoms with E-state index in [4.69, 9.17) is 0 Å². The number of hydrogen-bond acceptors (Lipinski definition) is 4. The van der Waals surface area contributed by atoms with Crippen molar-refractivity contribution in [3.8, 4) is 0 Å². The second kappa shape index (κ2) is 7.48. The van der Waals surface area contributed by atoms with Gasteiger partial charge < -0.3 is 5.32 Å². The van der Waals surface area contributed by atoms with Crippen LogP contribution in [0.5, 0.6) is 0 Å². The fourth-order valence-corrected chi connectivity index (χ4v) is 3.42. The van der Waals surface area contributed by atoms with Gasteiger partial charge in [0.25, 0.3) is 5.91 Å². The van der Waals surface area contributed by atoms with Crippen LogP contribution in [0.1, 0.15) is 39.9 Å². The summed E-state index contributed by atoms with van der Waals surface area (Å²) in [6.07, 6.45) is 1.39. The minimum Gasteiger partial charge on any atom is -0.347 e. The number of aryl methyl sites for hydroxylation is 1. The van der Waals surface area contributed by atoms with Crippen molar-refractivity contribution in [1.29, 1.82) is 0 Å². The van der Waals surface area contributed by atoms with Gasteiger partial charge in [-0.3, -0.25) is 19.8 Å². The number of anilines is 1. The van der Waals surface area contributed by atoms with Gasteiger partial charge in [-0.25, -0.2) is 5.01 Å².